The molecule has 2 rings (SSSR count). The Morgan fingerprint density at radius 2 is 2.00 bits per heavy atom. The van der Waals surface area contributed by atoms with Gasteiger partial charge in [-0.1, -0.05) is 30.3 Å². The Bertz CT molecular complexity index is 513. The van der Waals surface area contributed by atoms with Crippen LogP contribution in [-0.4, -0.2) is 32.0 Å². The first kappa shape index (κ1) is 12.9. The summed E-state index contributed by atoms with van der Waals surface area (Å²) in [5.74, 6) is 0.211. The molecule has 1 atom stereocenters. The summed E-state index contributed by atoms with van der Waals surface area (Å²) >= 11 is 0. The second-order valence-corrected chi connectivity index (χ2v) is 6.64. The summed E-state index contributed by atoms with van der Waals surface area (Å²) in [6, 6.07) is 8.97. The predicted octanol–water partition coefficient (Wildman–Crippen LogP) is 0.673. The smallest absolute Gasteiger partial charge is 0.315 e. The molecule has 1 aliphatic rings. The molecule has 5 nitrogen and oxygen atoms in total. The molecule has 1 saturated heterocycles. The van der Waals surface area contributed by atoms with Gasteiger partial charge in [-0.3, -0.25) is 0 Å². The molecule has 0 aromatic heterocycles. The zero-order valence-corrected chi connectivity index (χ0v) is 10.7. The van der Waals surface area contributed by atoms with Crippen LogP contribution in [0.1, 0.15) is 12.0 Å². The van der Waals surface area contributed by atoms with Crippen molar-refractivity contribution in [3.05, 3.63) is 35.9 Å². The Balaban J connectivity index is 1.76. The molecule has 1 fully saturated rings. The highest BCUT2D eigenvalue weighted by Crippen LogP contribution is 2.10. The van der Waals surface area contributed by atoms with Crippen molar-refractivity contribution in [2.75, 3.05) is 11.5 Å². The van der Waals surface area contributed by atoms with E-state index in [2.05, 4.69) is 10.6 Å². The van der Waals surface area contributed by atoms with Gasteiger partial charge in [0.1, 0.15) is 0 Å². The summed E-state index contributed by atoms with van der Waals surface area (Å²) in [6.45, 7) is 0.437. The molecule has 2 amide bonds. The monoisotopic (exact) mass is 268 g/mol. The SMILES string of the molecule is O=C(NCc1ccccc1)N[C@H]1CCS(=O)(=O)C1. The Labute approximate surface area is 107 Å². The van der Waals surface area contributed by atoms with E-state index >= 15 is 0 Å². The second-order valence-electron chi connectivity index (χ2n) is 4.41. The molecular formula is C12H16N2O3S. The lowest BCUT2D eigenvalue weighted by molar-refractivity contribution is 0.237. The summed E-state index contributed by atoms with van der Waals surface area (Å²) in [4.78, 5) is 11.6. The minimum atomic E-state index is -2.95. The molecule has 1 heterocycles. The van der Waals surface area contributed by atoms with Gasteiger partial charge < -0.3 is 10.6 Å². The standard InChI is InChI=1S/C12H16N2O3S/c15-12(13-8-10-4-2-1-3-5-10)14-11-6-7-18(16,17)9-11/h1-5,11H,6-9H2,(H2,13,14,15)/t11-/m0/s1. The van der Waals surface area contributed by atoms with E-state index in [1.807, 2.05) is 30.3 Å². The predicted molar refractivity (Wildman–Crippen MR) is 68.9 cm³/mol. The fourth-order valence-corrected chi connectivity index (χ4v) is 3.60. The summed E-state index contributed by atoms with van der Waals surface area (Å²) in [7, 11) is -2.95. The second kappa shape index (κ2) is 5.39. The van der Waals surface area contributed by atoms with Gasteiger partial charge in [-0.25, -0.2) is 13.2 Å². The van der Waals surface area contributed by atoms with Crippen LogP contribution in [0.2, 0.25) is 0 Å². The van der Waals surface area contributed by atoms with Crippen molar-refractivity contribution in [1.82, 2.24) is 10.6 Å². The highest BCUT2D eigenvalue weighted by atomic mass is 32.2. The van der Waals surface area contributed by atoms with E-state index in [4.69, 9.17) is 0 Å². The largest absolute Gasteiger partial charge is 0.334 e. The summed E-state index contributed by atoms with van der Waals surface area (Å²) < 4.78 is 22.5. The maximum Gasteiger partial charge on any atom is 0.315 e. The number of hydrogen-bond donors (Lipinski definition) is 2. The average Bonchev–Trinajstić information content (AvgIpc) is 2.67. The highest BCUT2D eigenvalue weighted by Gasteiger charge is 2.28. The molecule has 0 bridgehead atoms. The molecule has 1 aromatic rings. The third-order valence-corrected chi connectivity index (χ3v) is 4.63. The van der Waals surface area contributed by atoms with Gasteiger partial charge in [0.15, 0.2) is 9.84 Å². The molecule has 1 aliphatic heterocycles. The van der Waals surface area contributed by atoms with Gasteiger partial charge in [-0.05, 0) is 12.0 Å². The Kier molecular flexibility index (Phi) is 3.86. The molecule has 6 heteroatoms. The number of amides is 2. The van der Waals surface area contributed by atoms with Crippen LogP contribution in [0.5, 0.6) is 0 Å². The topological polar surface area (TPSA) is 75.3 Å². The number of urea groups is 1. The van der Waals surface area contributed by atoms with Gasteiger partial charge in [0.05, 0.1) is 11.5 Å². The number of nitrogens with one attached hydrogen (secondary N) is 2. The molecule has 0 spiro atoms. The van der Waals surface area contributed by atoms with Gasteiger partial charge in [0.2, 0.25) is 0 Å². The lowest BCUT2D eigenvalue weighted by Gasteiger charge is -2.11. The van der Waals surface area contributed by atoms with E-state index in [0.717, 1.165) is 5.56 Å². The van der Waals surface area contributed by atoms with Crippen LogP contribution in [-0.2, 0) is 16.4 Å². The van der Waals surface area contributed by atoms with Gasteiger partial charge >= 0.3 is 6.03 Å². The van der Waals surface area contributed by atoms with Crippen LogP contribution in [0.15, 0.2) is 30.3 Å². The van der Waals surface area contributed by atoms with Crippen molar-refractivity contribution in [3.63, 3.8) is 0 Å². The Morgan fingerprint density at radius 3 is 2.61 bits per heavy atom. The number of benzene rings is 1. The molecule has 0 saturated carbocycles. The van der Waals surface area contributed by atoms with E-state index in [9.17, 15) is 13.2 Å². The Morgan fingerprint density at radius 1 is 1.28 bits per heavy atom. The third kappa shape index (κ3) is 3.73. The van der Waals surface area contributed by atoms with Crippen LogP contribution in [0.3, 0.4) is 0 Å². The quantitative estimate of drug-likeness (QED) is 0.846. The van der Waals surface area contributed by atoms with E-state index in [-0.39, 0.29) is 23.6 Å². The number of hydrogen-bond acceptors (Lipinski definition) is 3. The van der Waals surface area contributed by atoms with Gasteiger partial charge in [-0.15, -0.1) is 0 Å². The maximum atomic E-state index is 11.6. The number of sulfone groups is 1. The number of carbonyl (C=O) groups excluding carboxylic acids is 1. The highest BCUT2D eigenvalue weighted by molar-refractivity contribution is 7.91. The van der Waals surface area contributed by atoms with Crippen molar-refractivity contribution < 1.29 is 13.2 Å². The molecule has 98 valence electrons. The lowest BCUT2D eigenvalue weighted by atomic mass is 10.2. The van der Waals surface area contributed by atoms with Crippen molar-refractivity contribution in [3.8, 4) is 0 Å². The number of carbonyl (C=O) groups is 1. The Hall–Kier alpha value is -1.56. The normalized spacial score (nSPS) is 21.4. The third-order valence-electron chi connectivity index (χ3n) is 2.86. The van der Waals surface area contributed by atoms with E-state index < -0.39 is 9.84 Å². The number of rotatable bonds is 3. The lowest BCUT2D eigenvalue weighted by Crippen LogP contribution is -2.42. The summed E-state index contributed by atoms with van der Waals surface area (Å²) in [6.07, 6.45) is 0.501. The van der Waals surface area contributed by atoms with Gasteiger partial charge in [-0.2, -0.15) is 0 Å². The molecule has 0 unspecified atom stereocenters. The average molecular weight is 268 g/mol. The minimum Gasteiger partial charge on any atom is -0.334 e. The fraction of sp³-hybridized carbons (Fsp3) is 0.417. The van der Waals surface area contributed by atoms with Crippen molar-refractivity contribution in [1.29, 1.82) is 0 Å². The van der Waals surface area contributed by atoms with Crippen molar-refractivity contribution >= 4 is 15.9 Å². The maximum absolute atomic E-state index is 11.6. The zero-order valence-electron chi connectivity index (χ0n) is 9.93. The molecule has 0 radical (unpaired) electrons. The molecule has 1 aromatic carbocycles. The molecule has 2 N–H and O–H groups in total. The molecule has 18 heavy (non-hydrogen) atoms. The molecule has 0 aliphatic carbocycles. The van der Waals surface area contributed by atoms with E-state index in [1.54, 1.807) is 0 Å². The first-order chi connectivity index (χ1) is 8.55. The van der Waals surface area contributed by atoms with Crippen molar-refractivity contribution in [2.24, 2.45) is 0 Å². The van der Waals surface area contributed by atoms with Gasteiger partial charge in [0, 0.05) is 12.6 Å². The minimum absolute atomic E-state index is 0.0474. The fourth-order valence-electron chi connectivity index (χ4n) is 1.92. The van der Waals surface area contributed by atoms with Crippen LogP contribution in [0.25, 0.3) is 0 Å². The van der Waals surface area contributed by atoms with Crippen LogP contribution >= 0.6 is 0 Å². The summed E-state index contributed by atoms with van der Waals surface area (Å²) in [5, 5.41) is 5.38. The molecular weight excluding hydrogens is 252 g/mol. The van der Waals surface area contributed by atoms with Crippen LogP contribution < -0.4 is 10.6 Å². The first-order valence-electron chi connectivity index (χ1n) is 5.84. The van der Waals surface area contributed by atoms with E-state index in [0.29, 0.717) is 13.0 Å². The van der Waals surface area contributed by atoms with Crippen LogP contribution in [0.4, 0.5) is 4.79 Å². The van der Waals surface area contributed by atoms with Gasteiger partial charge in [0.25, 0.3) is 0 Å². The van der Waals surface area contributed by atoms with Crippen LogP contribution in [0, 0.1) is 0 Å². The summed E-state index contributed by atoms with van der Waals surface area (Å²) in [5.41, 5.74) is 1.01. The van der Waals surface area contributed by atoms with E-state index in [1.165, 1.54) is 0 Å². The zero-order chi connectivity index (χ0) is 13.0. The van der Waals surface area contributed by atoms with Crippen molar-refractivity contribution in [2.45, 2.75) is 19.0 Å². The first-order valence-corrected chi connectivity index (χ1v) is 7.66.